The summed E-state index contributed by atoms with van der Waals surface area (Å²) in [4.78, 5) is 0. The Labute approximate surface area is 79.0 Å². The molecule has 0 aromatic carbocycles. The fourth-order valence-electron chi connectivity index (χ4n) is 1.86. The van der Waals surface area contributed by atoms with Crippen molar-refractivity contribution in [3.63, 3.8) is 0 Å². The maximum absolute atomic E-state index is 2.51. The molecule has 2 radical (unpaired) electrons. The van der Waals surface area contributed by atoms with Crippen LogP contribution in [-0.2, 0) is 0 Å². The summed E-state index contributed by atoms with van der Waals surface area (Å²) >= 11 is 0. The summed E-state index contributed by atoms with van der Waals surface area (Å²) in [6.07, 6.45) is 3.94. The smallest absolute Gasteiger partial charge is 0.0923 e. The van der Waals surface area contributed by atoms with Gasteiger partial charge in [0.15, 0.2) is 0 Å². The lowest BCUT2D eigenvalue weighted by Crippen LogP contribution is -2.17. The molecule has 1 unspecified atom stereocenters. The van der Waals surface area contributed by atoms with E-state index in [4.69, 9.17) is 0 Å². The molecule has 0 aromatic rings. The van der Waals surface area contributed by atoms with Crippen LogP contribution < -0.4 is 0 Å². The van der Waals surface area contributed by atoms with Gasteiger partial charge >= 0.3 is 0 Å². The fraction of sp³-hybridized carbons (Fsp3) is 1.00. The molecule has 0 N–H and O–H groups in total. The minimum atomic E-state index is 0.542. The largest absolute Gasteiger partial charge is 0.105 e. The van der Waals surface area contributed by atoms with Gasteiger partial charge in [0.1, 0.15) is 14.6 Å². The van der Waals surface area contributed by atoms with Crippen LogP contribution in [0.1, 0.15) is 34.1 Å². The van der Waals surface area contributed by atoms with E-state index in [1.165, 1.54) is 19.1 Å². The zero-order chi connectivity index (χ0) is 9.19. The van der Waals surface area contributed by atoms with E-state index in [-0.39, 0.29) is 0 Å². The molecule has 0 bridgehead atoms. The van der Waals surface area contributed by atoms with Crippen LogP contribution in [0.2, 0.25) is 18.4 Å². The Morgan fingerprint density at radius 3 is 2.50 bits per heavy atom. The summed E-state index contributed by atoms with van der Waals surface area (Å²) in [7, 11) is 5.01. The minimum Gasteiger partial charge on any atom is -0.0923 e. The van der Waals surface area contributed by atoms with E-state index in [1.807, 2.05) is 0 Å². The highest BCUT2D eigenvalue weighted by atomic mass is 14.2. The van der Waals surface area contributed by atoms with E-state index in [2.05, 4.69) is 42.3 Å². The van der Waals surface area contributed by atoms with Crippen molar-refractivity contribution in [2.24, 2.45) is 11.3 Å². The minimum absolute atomic E-state index is 0.542. The lowest BCUT2D eigenvalue weighted by Gasteiger charge is -2.22. The third-order valence-corrected chi connectivity index (χ3v) is 2.97. The van der Waals surface area contributed by atoms with Crippen molar-refractivity contribution < 1.29 is 0 Å². The van der Waals surface area contributed by atoms with Crippen molar-refractivity contribution in [3.05, 3.63) is 0 Å². The summed E-state index contributed by atoms with van der Waals surface area (Å²) in [6, 6.07) is 0. The average Bonchev–Trinajstić information content (AvgIpc) is 2.10. The van der Waals surface area contributed by atoms with Gasteiger partial charge in [0, 0.05) is 0 Å². The van der Waals surface area contributed by atoms with Crippen LogP contribution >= 0.6 is 0 Å². The molecule has 12 heavy (non-hydrogen) atoms. The first kappa shape index (κ1) is 10.2. The molecule has 0 aliphatic carbocycles. The quantitative estimate of drug-likeness (QED) is 0.519. The highest BCUT2D eigenvalue weighted by molar-refractivity contribution is 6.59. The highest BCUT2D eigenvalue weighted by Gasteiger charge is 2.26. The van der Waals surface area contributed by atoms with Crippen LogP contribution in [0.25, 0.3) is 0 Å². The van der Waals surface area contributed by atoms with E-state index in [0.29, 0.717) is 5.41 Å². The Balaban J connectivity index is 2.45. The van der Waals surface area contributed by atoms with E-state index < -0.39 is 0 Å². The van der Waals surface area contributed by atoms with Crippen LogP contribution in [0, 0.1) is 11.3 Å². The van der Waals surface area contributed by atoms with Gasteiger partial charge in [-0.1, -0.05) is 58.4 Å². The average molecular weight is 162 g/mol. The molecule has 66 valence electrons. The van der Waals surface area contributed by atoms with Gasteiger partial charge in [-0.15, -0.1) is 0 Å². The molecule has 1 aliphatic rings. The van der Waals surface area contributed by atoms with E-state index >= 15 is 0 Å². The van der Waals surface area contributed by atoms with E-state index in [9.17, 15) is 0 Å². The van der Waals surface area contributed by atoms with Crippen molar-refractivity contribution in [3.8, 4) is 0 Å². The first-order valence-corrected chi connectivity index (χ1v) is 5.18. The molecule has 1 aliphatic heterocycles. The monoisotopic (exact) mass is 162 g/mol. The SMILES string of the molecule is CC(C)C1[B]CCC(C)(C)C[B]1. The Hall–Kier alpha value is 0.130. The molecule has 0 amide bonds. The van der Waals surface area contributed by atoms with Crippen LogP contribution in [0.5, 0.6) is 0 Å². The molecule has 2 heteroatoms. The fourth-order valence-corrected chi connectivity index (χ4v) is 1.86. The summed E-state index contributed by atoms with van der Waals surface area (Å²) in [5, 5.41) is 0. The molecule has 1 saturated heterocycles. The molecule has 1 rings (SSSR count). The molecule has 1 heterocycles. The van der Waals surface area contributed by atoms with Crippen LogP contribution in [0.4, 0.5) is 0 Å². The van der Waals surface area contributed by atoms with Gasteiger partial charge < -0.3 is 0 Å². The highest BCUT2D eigenvalue weighted by Crippen LogP contribution is 2.34. The summed E-state index contributed by atoms with van der Waals surface area (Å²) < 4.78 is 0. The molecular formula is C10H20B2. The summed E-state index contributed by atoms with van der Waals surface area (Å²) in [5.74, 6) is 0.791. The summed E-state index contributed by atoms with van der Waals surface area (Å²) in [6.45, 7) is 9.38. The molecule has 0 saturated carbocycles. The maximum atomic E-state index is 2.51. The number of rotatable bonds is 1. The first-order chi connectivity index (χ1) is 5.51. The Kier molecular flexibility index (Phi) is 3.31. The second kappa shape index (κ2) is 3.89. The standard InChI is InChI=1S/C10H20B2/c1-8(2)9-11-6-5-10(3,4)7-12-9/h8-9H,5-7H2,1-4H3. The van der Waals surface area contributed by atoms with Gasteiger partial charge in [-0.3, -0.25) is 0 Å². The van der Waals surface area contributed by atoms with Crippen molar-refractivity contribution in [1.82, 2.24) is 0 Å². The van der Waals surface area contributed by atoms with E-state index in [1.54, 1.807) is 0 Å². The lowest BCUT2D eigenvalue weighted by atomic mass is 9.40. The van der Waals surface area contributed by atoms with Crippen molar-refractivity contribution in [2.75, 3.05) is 0 Å². The third-order valence-electron chi connectivity index (χ3n) is 2.97. The van der Waals surface area contributed by atoms with Gasteiger partial charge in [-0.05, 0) is 5.41 Å². The van der Waals surface area contributed by atoms with Crippen LogP contribution in [0.3, 0.4) is 0 Å². The molecule has 1 fully saturated rings. The van der Waals surface area contributed by atoms with Crippen molar-refractivity contribution in [1.29, 1.82) is 0 Å². The first-order valence-electron chi connectivity index (χ1n) is 5.18. The number of hydrogen-bond donors (Lipinski definition) is 0. The molecular weight excluding hydrogens is 142 g/mol. The Bertz CT molecular complexity index is 141. The molecule has 0 spiro atoms. The van der Waals surface area contributed by atoms with Gasteiger partial charge in [-0.2, -0.15) is 0 Å². The Morgan fingerprint density at radius 1 is 1.25 bits per heavy atom. The molecule has 0 nitrogen and oxygen atoms in total. The second-order valence-electron chi connectivity index (χ2n) is 5.20. The van der Waals surface area contributed by atoms with E-state index in [0.717, 1.165) is 11.6 Å². The Morgan fingerprint density at radius 2 is 1.92 bits per heavy atom. The van der Waals surface area contributed by atoms with Gasteiger partial charge in [0.05, 0.1) is 0 Å². The zero-order valence-corrected chi connectivity index (χ0v) is 8.93. The van der Waals surface area contributed by atoms with Crippen LogP contribution in [0.15, 0.2) is 0 Å². The summed E-state index contributed by atoms with van der Waals surface area (Å²) in [5.41, 5.74) is 1.30. The normalized spacial score (nSPS) is 28.9. The second-order valence-corrected chi connectivity index (χ2v) is 5.20. The zero-order valence-electron chi connectivity index (χ0n) is 8.93. The van der Waals surface area contributed by atoms with Crippen molar-refractivity contribution in [2.45, 2.75) is 52.5 Å². The van der Waals surface area contributed by atoms with Gasteiger partial charge in [-0.25, -0.2) is 0 Å². The van der Waals surface area contributed by atoms with Crippen molar-refractivity contribution >= 4 is 14.6 Å². The van der Waals surface area contributed by atoms with Gasteiger partial charge in [0.25, 0.3) is 0 Å². The molecule has 0 aromatic heterocycles. The maximum Gasteiger partial charge on any atom is 0.105 e. The van der Waals surface area contributed by atoms with Crippen LogP contribution in [-0.4, -0.2) is 14.6 Å². The van der Waals surface area contributed by atoms with Gasteiger partial charge in [0.2, 0.25) is 0 Å². The topological polar surface area (TPSA) is 0 Å². The predicted molar refractivity (Wildman–Crippen MR) is 58.1 cm³/mol. The number of hydrogen-bond acceptors (Lipinski definition) is 0. The third kappa shape index (κ3) is 2.88. The predicted octanol–water partition coefficient (Wildman–Crippen LogP) is 3.06. The lowest BCUT2D eigenvalue weighted by molar-refractivity contribution is 0.398. The molecule has 1 atom stereocenters.